The highest BCUT2D eigenvalue weighted by Gasteiger charge is 2.51. The fraction of sp³-hybridized carbons (Fsp3) is 0.273. The number of ether oxygens (including phenoxy) is 2. The number of nitrogens with one attached hydrogen (secondary N) is 2. The summed E-state index contributed by atoms with van der Waals surface area (Å²) in [6.07, 6.45) is 8.74. The van der Waals surface area contributed by atoms with Gasteiger partial charge in [-0.25, -0.2) is 24.3 Å². The average Bonchev–Trinajstić information content (AvgIpc) is 2.99. The van der Waals surface area contributed by atoms with E-state index >= 15 is 0 Å². The summed E-state index contributed by atoms with van der Waals surface area (Å²) in [4.78, 5) is 28.2. The predicted molar refractivity (Wildman–Crippen MR) is 169 cm³/mol. The van der Waals surface area contributed by atoms with Crippen LogP contribution in [0.5, 0.6) is 17.2 Å². The molecule has 0 radical (unpaired) electrons. The Hall–Kier alpha value is -5.23. The predicted octanol–water partition coefficient (Wildman–Crippen LogP) is 4.96. The van der Waals surface area contributed by atoms with Crippen LogP contribution in [0.4, 0.5) is 16.0 Å². The van der Waals surface area contributed by atoms with Gasteiger partial charge in [-0.1, -0.05) is 6.58 Å². The van der Waals surface area contributed by atoms with E-state index in [1.807, 2.05) is 0 Å². The van der Waals surface area contributed by atoms with Crippen molar-refractivity contribution in [2.24, 2.45) is 5.41 Å². The molecule has 1 aliphatic carbocycles. The van der Waals surface area contributed by atoms with E-state index in [0.29, 0.717) is 52.0 Å². The lowest BCUT2D eigenvalue weighted by molar-refractivity contribution is -0.104. The largest absolute Gasteiger partial charge is 0.489 e. The zero-order valence-corrected chi connectivity index (χ0v) is 25.2. The summed E-state index contributed by atoms with van der Waals surface area (Å²) in [6.45, 7) is 7.36. The number of allylic oxidation sites excluding steroid dienone is 1. The van der Waals surface area contributed by atoms with E-state index in [-0.39, 0.29) is 23.9 Å². The second-order valence-electron chi connectivity index (χ2n) is 11.3. The summed E-state index contributed by atoms with van der Waals surface area (Å²) in [6, 6.07) is 11.4. The van der Waals surface area contributed by atoms with Crippen LogP contribution in [0.2, 0.25) is 0 Å². The van der Waals surface area contributed by atoms with Gasteiger partial charge in [-0.2, -0.15) is 0 Å². The van der Waals surface area contributed by atoms with Crippen LogP contribution >= 0.6 is 0 Å². The van der Waals surface area contributed by atoms with Crippen LogP contribution in [-0.4, -0.2) is 63.0 Å². The molecule has 4 aromatic rings. The topological polar surface area (TPSA) is 152 Å². The summed E-state index contributed by atoms with van der Waals surface area (Å²) in [7, 11) is 2.14. The number of likely N-dealkylation sites (tertiary alicyclic amines) is 1. The molecule has 1 spiro atoms. The maximum atomic E-state index is 14.3. The zero-order chi connectivity index (χ0) is 32.0. The van der Waals surface area contributed by atoms with E-state index in [4.69, 9.17) is 25.4 Å². The summed E-state index contributed by atoms with van der Waals surface area (Å²) in [5.41, 5.74) is 8.70. The second kappa shape index (κ2) is 13.6. The molecule has 2 fully saturated rings. The molecule has 1 saturated heterocycles. The molecule has 0 unspecified atom stereocenters. The maximum Gasteiger partial charge on any atom is 0.142 e. The van der Waals surface area contributed by atoms with Crippen molar-refractivity contribution < 1.29 is 18.7 Å². The molecule has 0 bridgehead atoms. The Morgan fingerprint density at radius 3 is 2.42 bits per heavy atom. The molecule has 4 N–H and O–H groups in total. The van der Waals surface area contributed by atoms with Gasteiger partial charge in [0.25, 0.3) is 0 Å². The number of nitrogens with two attached hydrogens (primary N) is 1. The molecule has 1 saturated carbocycles. The van der Waals surface area contributed by atoms with Gasteiger partial charge in [-0.15, -0.1) is 0 Å². The number of hydrogen-bond donors (Lipinski definition) is 3. The first-order valence-corrected chi connectivity index (χ1v) is 14.4. The lowest BCUT2D eigenvalue weighted by Crippen LogP contribution is -2.63. The summed E-state index contributed by atoms with van der Waals surface area (Å²) < 4.78 is 25.9. The maximum absolute atomic E-state index is 14.3. The number of halogens is 1. The average molecular weight is 611 g/mol. The zero-order valence-electron chi connectivity index (χ0n) is 25.2. The van der Waals surface area contributed by atoms with Crippen molar-refractivity contribution in [3.8, 4) is 17.2 Å². The number of anilines is 2. The van der Waals surface area contributed by atoms with Crippen LogP contribution in [0.15, 0.2) is 73.8 Å². The third-order valence-corrected chi connectivity index (χ3v) is 7.60. The standard InChI is InChI=1S/C30H31FN8O2.C3H4O/c1-18-34-12-19(13-35-18)14-40-24-7-21(31)8-25(9-24)41-23-5-3-20(4-6-23)27(32)26-28(33)36-17-37-29(26)38-22-10-30(11-22)15-39(2)16-30;1-2-3-4/h3-9,12-13,17,22,32H,10-11,14-16H2,1-2H3,(H3,33,36,37,38);2-3H,1H2. The van der Waals surface area contributed by atoms with Gasteiger partial charge in [0.05, 0.1) is 11.3 Å². The van der Waals surface area contributed by atoms with Crippen molar-refractivity contribution in [2.45, 2.75) is 32.4 Å². The number of nitrogens with zero attached hydrogens (tertiary/aromatic N) is 5. The number of hydrogen-bond acceptors (Lipinski definition) is 11. The minimum absolute atomic E-state index is 0.197. The number of nitrogen functional groups attached to an aromatic ring is 1. The Labute approximate surface area is 260 Å². The van der Waals surface area contributed by atoms with E-state index in [0.717, 1.165) is 31.5 Å². The molecule has 2 aromatic carbocycles. The molecule has 1 aliphatic heterocycles. The summed E-state index contributed by atoms with van der Waals surface area (Å²) >= 11 is 0. The highest BCUT2D eigenvalue weighted by atomic mass is 19.1. The number of aryl methyl sites for hydroxylation is 1. The molecule has 3 heterocycles. The van der Waals surface area contributed by atoms with Crippen LogP contribution in [-0.2, 0) is 11.4 Å². The Balaban J connectivity index is 0.000000945. The molecular formula is C33H35FN8O3. The van der Waals surface area contributed by atoms with Gasteiger partial charge in [0.15, 0.2) is 0 Å². The smallest absolute Gasteiger partial charge is 0.142 e. The molecule has 0 atom stereocenters. The Bertz CT molecular complexity index is 1660. The molecule has 45 heavy (non-hydrogen) atoms. The monoisotopic (exact) mass is 610 g/mol. The Kier molecular flexibility index (Phi) is 9.43. The Morgan fingerprint density at radius 2 is 1.78 bits per heavy atom. The van der Waals surface area contributed by atoms with Gasteiger partial charge in [0.1, 0.15) is 59.7 Å². The van der Waals surface area contributed by atoms with Crippen LogP contribution in [0.1, 0.15) is 35.4 Å². The van der Waals surface area contributed by atoms with Crippen LogP contribution < -0.4 is 20.5 Å². The number of aldehydes is 1. The van der Waals surface area contributed by atoms with Gasteiger partial charge in [-0.3, -0.25) is 10.2 Å². The highest BCUT2D eigenvalue weighted by molar-refractivity contribution is 6.16. The van der Waals surface area contributed by atoms with Crippen LogP contribution in [0, 0.1) is 23.6 Å². The van der Waals surface area contributed by atoms with Gasteiger partial charge in [-0.05, 0) is 62.6 Å². The molecular weight excluding hydrogens is 575 g/mol. The summed E-state index contributed by atoms with van der Waals surface area (Å²) in [5, 5.41) is 12.4. The van der Waals surface area contributed by atoms with Crippen LogP contribution in [0.3, 0.4) is 0 Å². The third-order valence-electron chi connectivity index (χ3n) is 7.60. The molecule has 6 rings (SSSR count). The highest BCUT2D eigenvalue weighted by Crippen LogP contribution is 2.48. The molecule has 232 valence electrons. The fourth-order valence-corrected chi connectivity index (χ4v) is 5.70. The van der Waals surface area contributed by atoms with Crippen molar-refractivity contribution in [1.82, 2.24) is 24.8 Å². The minimum atomic E-state index is -0.489. The number of carbonyl (C=O) groups is 1. The lowest BCUT2D eigenvalue weighted by Gasteiger charge is -2.58. The van der Waals surface area contributed by atoms with E-state index in [1.165, 1.54) is 24.5 Å². The number of aromatic nitrogens is 4. The van der Waals surface area contributed by atoms with E-state index in [9.17, 15) is 4.39 Å². The van der Waals surface area contributed by atoms with Gasteiger partial charge >= 0.3 is 0 Å². The molecule has 12 heteroatoms. The van der Waals surface area contributed by atoms with Crippen LogP contribution in [0.25, 0.3) is 0 Å². The fourth-order valence-electron chi connectivity index (χ4n) is 5.70. The number of rotatable bonds is 10. The third kappa shape index (κ3) is 7.65. The molecule has 2 aromatic heterocycles. The second-order valence-corrected chi connectivity index (χ2v) is 11.3. The van der Waals surface area contributed by atoms with E-state index < -0.39 is 5.82 Å². The molecule has 0 amide bonds. The minimum Gasteiger partial charge on any atom is -0.489 e. The first kappa shape index (κ1) is 31.2. The molecule has 2 aliphatic rings. The van der Waals surface area contributed by atoms with E-state index in [1.54, 1.807) is 49.6 Å². The lowest BCUT2D eigenvalue weighted by atomic mass is 9.61. The normalized spacial score (nSPS) is 15.1. The molecule has 11 nitrogen and oxygen atoms in total. The number of benzene rings is 2. The van der Waals surface area contributed by atoms with Gasteiger partial charge in [0, 0.05) is 60.9 Å². The van der Waals surface area contributed by atoms with Crippen molar-refractivity contribution in [3.05, 3.63) is 102 Å². The van der Waals surface area contributed by atoms with Crippen molar-refractivity contribution in [2.75, 3.05) is 31.2 Å². The van der Waals surface area contributed by atoms with Crippen molar-refractivity contribution in [1.29, 1.82) is 5.41 Å². The van der Waals surface area contributed by atoms with Crippen molar-refractivity contribution in [3.63, 3.8) is 0 Å². The first-order chi connectivity index (χ1) is 21.7. The first-order valence-electron chi connectivity index (χ1n) is 14.4. The van der Waals surface area contributed by atoms with Gasteiger partial charge in [0.2, 0.25) is 0 Å². The van der Waals surface area contributed by atoms with Crippen molar-refractivity contribution >= 4 is 23.6 Å². The summed E-state index contributed by atoms with van der Waals surface area (Å²) in [5.74, 6) is 2.07. The quantitative estimate of drug-likeness (QED) is 0.128. The van der Waals surface area contributed by atoms with E-state index in [2.05, 4.69) is 43.8 Å². The Morgan fingerprint density at radius 1 is 1.11 bits per heavy atom. The van der Waals surface area contributed by atoms with Gasteiger partial charge < -0.3 is 25.4 Å². The number of carbonyl (C=O) groups excluding carboxylic acids is 1. The SMILES string of the molecule is C=CC=O.Cc1ncc(COc2cc(F)cc(Oc3ccc(C(=N)c4c(N)ncnc4NC4CC5(C4)CN(C)C5)cc3)c2)cn1.